The lowest BCUT2D eigenvalue weighted by Gasteiger charge is -2.32. The van der Waals surface area contributed by atoms with Crippen LogP contribution in [0.2, 0.25) is 0 Å². The van der Waals surface area contributed by atoms with Gasteiger partial charge in [-0.25, -0.2) is 14.8 Å². The van der Waals surface area contributed by atoms with E-state index in [0.717, 1.165) is 30.6 Å². The predicted molar refractivity (Wildman–Crippen MR) is 85.8 cm³/mol. The van der Waals surface area contributed by atoms with Crippen LogP contribution in [0.25, 0.3) is 0 Å². The zero-order valence-electron chi connectivity index (χ0n) is 13.6. The number of aryl methyl sites for hydroxylation is 2. The van der Waals surface area contributed by atoms with E-state index >= 15 is 0 Å². The fraction of sp³-hybridized carbons (Fsp3) is 0.500. The molecule has 3 rings (SSSR count). The number of rotatable bonds is 3. The molecule has 7 heteroatoms. The van der Waals surface area contributed by atoms with Gasteiger partial charge in [0, 0.05) is 25.5 Å². The summed E-state index contributed by atoms with van der Waals surface area (Å²) in [6, 6.07) is 2.03. The van der Waals surface area contributed by atoms with Gasteiger partial charge in [0.2, 0.25) is 0 Å². The summed E-state index contributed by atoms with van der Waals surface area (Å²) >= 11 is 0. The summed E-state index contributed by atoms with van der Waals surface area (Å²) in [7, 11) is 0. The van der Waals surface area contributed by atoms with Gasteiger partial charge in [0.1, 0.15) is 5.82 Å². The van der Waals surface area contributed by atoms with Crippen LogP contribution in [0.5, 0.6) is 0 Å². The first-order valence-electron chi connectivity index (χ1n) is 7.94. The highest BCUT2D eigenvalue weighted by Gasteiger charge is 2.25. The summed E-state index contributed by atoms with van der Waals surface area (Å²) in [5, 5.41) is 7.32. The number of nitrogens with zero attached hydrogens (tertiary/aromatic N) is 5. The number of carbonyl (C=O) groups excluding carboxylic acids is 1. The van der Waals surface area contributed by atoms with Crippen molar-refractivity contribution in [3.05, 3.63) is 41.7 Å². The first-order valence-corrected chi connectivity index (χ1v) is 7.94. The molecule has 1 fully saturated rings. The number of hydrogen-bond acceptors (Lipinski definition) is 4. The third kappa shape index (κ3) is 3.85. The summed E-state index contributed by atoms with van der Waals surface area (Å²) in [4.78, 5) is 22.6. The molecule has 0 spiro atoms. The van der Waals surface area contributed by atoms with Crippen molar-refractivity contribution in [3.63, 3.8) is 0 Å². The van der Waals surface area contributed by atoms with Gasteiger partial charge >= 0.3 is 6.03 Å². The number of hydrogen-bond donors (Lipinski definition) is 1. The van der Waals surface area contributed by atoms with Gasteiger partial charge < -0.3 is 10.2 Å². The summed E-state index contributed by atoms with van der Waals surface area (Å²) < 4.78 is 1.97. The standard InChI is InChI=1S/C16H22N6O/c1-12-8-19-22(10-12)15-4-3-7-21(11-15)16(23)18-9-14-5-6-17-13(2)20-14/h5-6,8,10,15H,3-4,7,9,11H2,1-2H3,(H,18,23). The Morgan fingerprint density at radius 3 is 3.04 bits per heavy atom. The van der Waals surface area contributed by atoms with Crippen molar-refractivity contribution >= 4 is 6.03 Å². The van der Waals surface area contributed by atoms with Crippen LogP contribution in [-0.4, -0.2) is 43.8 Å². The summed E-state index contributed by atoms with van der Waals surface area (Å²) in [6.45, 7) is 5.76. The van der Waals surface area contributed by atoms with Crippen LogP contribution in [0.3, 0.4) is 0 Å². The van der Waals surface area contributed by atoms with E-state index in [9.17, 15) is 4.79 Å². The molecule has 23 heavy (non-hydrogen) atoms. The Morgan fingerprint density at radius 2 is 2.30 bits per heavy atom. The van der Waals surface area contributed by atoms with Crippen molar-refractivity contribution in [2.75, 3.05) is 13.1 Å². The molecule has 0 radical (unpaired) electrons. The Labute approximate surface area is 135 Å². The highest BCUT2D eigenvalue weighted by atomic mass is 16.2. The molecule has 0 saturated carbocycles. The Morgan fingerprint density at radius 1 is 1.43 bits per heavy atom. The van der Waals surface area contributed by atoms with E-state index < -0.39 is 0 Å². The van der Waals surface area contributed by atoms with E-state index in [0.29, 0.717) is 18.9 Å². The molecular formula is C16H22N6O. The molecule has 1 saturated heterocycles. The summed E-state index contributed by atoms with van der Waals surface area (Å²) in [5.41, 5.74) is 1.97. The maximum atomic E-state index is 12.4. The minimum absolute atomic E-state index is 0.0464. The maximum Gasteiger partial charge on any atom is 0.317 e. The molecule has 1 aliphatic rings. The van der Waals surface area contributed by atoms with Crippen molar-refractivity contribution in [2.24, 2.45) is 0 Å². The molecular weight excluding hydrogens is 292 g/mol. The lowest BCUT2D eigenvalue weighted by atomic mass is 10.1. The fourth-order valence-electron chi connectivity index (χ4n) is 2.87. The van der Waals surface area contributed by atoms with Crippen LogP contribution in [0.4, 0.5) is 4.79 Å². The molecule has 1 aliphatic heterocycles. The van der Waals surface area contributed by atoms with Gasteiger partial charge in [-0.2, -0.15) is 5.10 Å². The van der Waals surface area contributed by atoms with Crippen LogP contribution >= 0.6 is 0 Å². The molecule has 1 unspecified atom stereocenters. The van der Waals surface area contributed by atoms with Gasteiger partial charge in [-0.1, -0.05) is 0 Å². The van der Waals surface area contributed by atoms with E-state index in [4.69, 9.17) is 0 Å². The fourth-order valence-corrected chi connectivity index (χ4v) is 2.87. The highest BCUT2D eigenvalue weighted by molar-refractivity contribution is 5.74. The zero-order chi connectivity index (χ0) is 16.2. The Kier molecular flexibility index (Phi) is 4.55. The topological polar surface area (TPSA) is 75.9 Å². The molecule has 2 aromatic rings. The Balaban J connectivity index is 1.56. The second kappa shape index (κ2) is 6.76. The van der Waals surface area contributed by atoms with Crippen LogP contribution in [0, 0.1) is 13.8 Å². The summed E-state index contributed by atoms with van der Waals surface area (Å²) in [6.07, 6.45) is 7.65. The second-order valence-electron chi connectivity index (χ2n) is 5.99. The van der Waals surface area contributed by atoms with E-state index in [2.05, 4.69) is 20.4 Å². The van der Waals surface area contributed by atoms with Gasteiger partial charge in [-0.15, -0.1) is 0 Å². The van der Waals surface area contributed by atoms with Crippen molar-refractivity contribution in [1.82, 2.24) is 30.0 Å². The van der Waals surface area contributed by atoms with Crippen molar-refractivity contribution in [2.45, 2.75) is 39.3 Å². The third-order valence-corrected chi connectivity index (χ3v) is 4.04. The smallest absolute Gasteiger partial charge is 0.317 e. The van der Waals surface area contributed by atoms with Gasteiger partial charge in [0.15, 0.2) is 0 Å². The molecule has 122 valence electrons. The van der Waals surface area contributed by atoms with Crippen molar-refractivity contribution in [3.8, 4) is 0 Å². The van der Waals surface area contributed by atoms with Crippen molar-refractivity contribution in [1.29, 1.82) is 0 Å². The molecule has 0 aromatic carbocycles. The number of likely N-dealkylation sites (tertiary alicyclic amines) is 1. The number of aromatic nitrogens is 4. The van der Waals surface area contributed by atoms with E-state index in [-0.39, 0.29) is 12.1 Å². The highest BCUT2D eigenvalue weighted by Crippen LogP contribution is 2.21. The molecule has 3 heterocycles. The Hall–Kier alpha value is -2.44. The molecule has 2 aromatic heterocycles. The molecule has 0 bridgehead atoms. The number of nitrogens with one attached hydrogen (secondary N) is 1. The average molecular weight is 314 g/mol. The number of carbonyl (C=O) groups is 1. The zero-order valence-corrected chi connectivity index (χ0v) is 13.6. The van der Waals surface area contributed by atoms with E-state index in [1.807, 2.05) is 41.9 Å². The molecule has 0 aliphatic carbocycles. The maximum absolute atomic E-state index is 12.4. The predicted octanol–water partition coefficient (Wildman–Crippen LogP) is 1.84. The largest absolute Gasteiger partial charge is 0.332 e. The molecule has 1 N–H and O–H groups in total. The van der Waals surface area contributed by atoms with Crippen LogP contribution in [-0.2, 0) is 6.54 Å². The SMILES string of the molecule is Cc1cnn(C2CCCN(C(=O)NCc3ccnc(C)n3)C2)c1. The molecule has 7 nitrogen and oxygen atoms in total. The molecule has 1 atom stereocenters. The van der Waals surface area contributed by atoms with Crippen molar-refractivity contribution < 1.29 is 4.79 Å². The molecule has 2 amide bonds. The lowest BCUT2D eigenvalue weighted by Crippen LogP contribution is -2.45. The van der Waals surface area contributed by atoms with Crippen LogP contribution < -0.4 is 5.32 Å². The normalized spacial score (nSPS) is 18.0. The van der Waals surface area contributed by atoms with Crippen LogP contribution in [0.15, 0.2) is 24.7 Å². The first-order chi connectivity index (χ1) is 11.1. The van der Waals surface area contributed by atoms with Gasteiger partial charge in [-0.05, 0) is 38.3 Å². The number of piperidine rings is 1. The Bertz CT molecular complexity index is 683. The van der Waals surface area contributed by atoms with E-state index in [1.165, 1.54) is 0 Å². The first kappa shape index (κ1) is 15.5. The lowest BCUT2D eigenvalue weighted by molar-refractivity contribution is 0.163. The number of amides is 2. The van der Waals surface area contributed by atoms with Gasteiger partial charge in [0.25, 0.3) is 0 Å². The van der Waals surface area contributed by atoms with Gasteiger partial charge in [-0.3, -0.25) is 4.68 Å². The summed E-state index contributed by atoms with van der Waals surface area (Å²) in [5.74, 6) is 0.712. The minimum atomic E-state index is -0.0464. The van der Waals surface area contributed by atoms with Gasteiger partial charge in [0.05, 0.1) is 24.5 Å². The van der Waals surface area contributed by atoms with Crippen LogP contribution in [0.1, 0.15) is 36.0 Å². The quantitative estimate of drug-likeness (QED) is 0.938. The number of urea groups is 1. The minimum Gasteiger partial charge on any atom is -0.332 e. The average Bonchev–Trinajstić information content (AvgIpc) is 2.99. The second-order valence-corrected chi connectivity index (χ2v) is 5.99. The monoisotopic (exact) mass is 314 g/mol. The third-order valence-electron chi connectivity index (χ3n) is 4.04. The van der Waals surface area contributed by atoms with E-state index in [1.54, 1.807) is 6.20 Å².